The third-order valence-corrected chi connectivity index (χ3v) is 6.01. The van der Waals surface area contributed by atoms with Gasteiger partial charge in [0, 0.05) is 30.4 Å². The van der Waals surface area contributed by atoms with Gasteiger partial charge < -0.3 is 4.90 Å². The number of hydrogen-bond donors (Lipinski definition) is 0. The topological polar surface area (TPSA) is 63.9 Å². The molecule has 1 amide bonds. The van der Waals surface area contributed by atoms with Gasteiger partial charge in [0.05, 0.1) is 22.9 Å². The van der Waals surface area contributed by atoms with Crippen LogP contribution >= 0.6 is 0 Å². The Hall–Kier alpha value is -3.75. The van der Waals surface area contributed by atoms with E-state index in [2.05, 4.69) is 15.1 Å². The first-order valence-electron chi connectivity index (χ1n) is 10.4. The number of anilines is 1. The molecule has 0 unspecified atom stereocenters. The van der Waals surface area contributed by atoms with E-state index in [-0.39, 0.29) is 11.4 Å². The van der Waals surface area contributed by atoms with Crippen LogP contribution in [-0.2, 0) is 19.6 Å². The summed E-state index contributed by atoms with van der Waals surface area (Å²) in [6, 6.07) is 9.42. The number of rotatable bonds is 2. The smallest absolute Gasteiger partial charge is 0.306 e. The molecule has 3 aromatic heterocycles. The molecule has 0 saturated carbocycles. The number of aryl methyl sites for hydroxylation is 3. The summed E-state index contributed by atoms with van der Waals surface area (Å²) in [6.07, 6.45) is -2.03. The van der Waals surface area contributed by atoms with Gasteiger partial charge in [0.1, 0.15) is 11.4 Å². The second kappa shape index (κ2) is 7.40. The predicted molar refractivity (Wildman–Crippen MR) is 118 cm³/mol. The van der Waals surface area contributed by atoms with Crippen LogP contribution in [0.1, 0.15) is 32.9 Å². The van der Waals surface area contributed by atoms with Crippen LogP contribution in [0.5, 0.6) is 0 Å². The van der Waals surface area contributed by atoms with E-state index in [4.69, 9.17) is 0 Å². The van der Waals surface area contributed by atoms with Crippen LogP contribution < -0.4 is 4.90 Å². The summed E-state index contributed by atoms with van der Waals surface area (Å²) >= 11 is 0. The molecule has 1 aliphatic heterocycles. The van der Waals surface area contributed by atoms with Gasteiger partial charge in [-0.15, -0.1) is 0 Å². The van der Waals surface area contributed by atoms with E-state index >= 15 is 0 Å². The van der Waals surface area contributed by atoms with E-state index in [0.717, 1.165) is 40.4 Å². The summed E-state index contributed by atoms with van der Waals surface area (Å²) in [7, 11) is 1.76. The van der Waals surface area contributed by atoms with Crippen molar-refractivity contribution < 1.29 is 18.0 Å². The number of pyridine rings is 2. The average Bonchev–Trinajstić information content (AvgIpc) is 3.16. The minimum atomic E-state index is -4.50. The normalized spacial score (nSPS) is 14.1. The SMILES string of the molecule is Cc1cc(N2CCc3cnn(C)c3C2=O)c(C)cc1-c1ccc2nc(C(F)(F)F)ccc2n1. The number of hydrogen-bond acceptors (Lipinski definition) is 4. The molecule has 0 aliphatic carbocycles. The van der Waals surface area contributed by atoms with Gasteiger partial charge in [0.25, 0.3) is 5.91 Å². The summed E-state index contributed by atoms with van der Waals surface area (Å²) in [5.41, 5.74) is 5.31. The molecule has 4 aromatic rings. The molecule has 33 heavy (non-hydrogen) atoms. The number of benzene rings is 1. The van der Waals surface area contributed by atoms with Gasteiger partial charge in [-0.3, -0.25) is 9.48 Å². The number of halogens is 3. The molecule has 0 spiro atoms. The van der Waals surface area contributed by atoms with Crippen LogP contribution in [0.15, 0.2) is 42.6 Å². The van der Waals surface area contributed by atoms with Crippen LogP contribution in [-0.4, -0.2) is 32.2 Å². The van der Waals surface area contributed by atoms with E-state index in [1.54, 1.807) is 35.0 Å². The molecule has 4 heterocycles. The van der Waals surface area contributed by atoms with Crippen molar-refractivity contribution in [3.63, 3.8) is 0 Å². The quantitative estimate of drug-likeness (QED) is 0.436. The maximum Gasteiger partial charge on any atom is 0.433 e. The summed E-state index contributed by atoms with van der Waals surface area (Å²) in [5, 5.41) is 4.21. The lowest BCUT2D eigenvalue weighted by molar-refractivity contribution is -0.140. The van der Waals surface area contributed by atoms with E-state index < -0.39 is 11.9 Å². The average molecular weight is 451 g/mol. The van der Waals surface area contributed by atoms with E-state index in [9.17, 15) is 18.0 Å². The molecule has 6 nitrogen and oxygen atoms in total. The van der Waals surface area contributed by atoms with Crippen molar-refractivity contribution in [2.24, 2.45) is 7.05 Å². The zero-order valence-corrected chi connectivity index (χ0v) is 18.2. The second-order valence-electron chi connectivity index (χ2n) is 8.23. The number of carbonyl (C=O) groups is 1. The van der Waals surface area contributed by atoms with Gasteiger partial charge in [0.15, 0.2) is 0 Å². The zero-order chi connectivity index (χ0) is 23.5. The minimum Gasteiger partial charge on any atom is -0.306 e. The highest BCUT2D eigenvalue weighted by molar-refractivity contribution is 6.07. The highest BCUT2D eigenvalue weighted by Gasteiger charge is 2.33. The first-order valence-corrected chi connectivity index (χ1v) is 10.4. The van der Waals surface area contributed by atoms with Crippen molar-refractivity contribution in [3.8, 4) is 11.3 Å². The van der Waals surface area contributed by atoms with Crippen molar-refractivity contribution in [3.05, 3.63) is 70.7 Å². The first-order chi connectivity index (χ1) is 15.6. The number of aromatic nitrogens is 4. The Bertz CT molecular complexity index is 1420. The molecule has 0 radical (unpaired) electrons. The predicted octanol–water partition coefficient (Wildman–Crippen LogP) is 4.87. The van der Waals surface area contributed by atoms with Gasteiger partial charge in [-0.1, -0.05) is 0 Å². The van der Waals surface area contributed by atoms with Gasteiger partial charge >= 0.3 is 6.18 Å². The molecule has 0 atom stereocenters. The molecular formula is C24H20F3N5O. The number of amides is 1. The number of alkyl halides is 3. The van der Waals surface area contributed by atoms with Crippen molar-refractivity contribution in [2.45, 2.75) is 26.4 Å². The summed E-state index contributed by atoms with van der Waals surface area (Å²) in [5.74, 6) is -0.0816. The van der Waals surface area contributed by atoms with Crippen molar-refractivity contribution in [2.75, 3.05) is 11.4 Å². The van der Waals surface area contributed by atoms with Crippen LogP contribution in [0.4, 0.5) is 18.9 Å². The van der Waals surface area contributed by atoms with Crippen LogP contribution in [0.25, 0.3) is 22.3 Å². The molecule has 9 heteroatoms. The number of carbonyl (C=O) groups excluding carboxylic acids is 1. The molecule has 0 bridgehead atoms. The van der Waals surface area contributed by atoms with Crippen molar-refractivity contribution >= 4 is 22.6 Å². The van der Waals surface area contributed by atoms with Gasteiger partial charge in [0.2, 0.25) is 0 Å². The summed E-state index contributed by atoms with van der Waals surface area (Å²) < 4.78 is 40.4. The highest BCUT2D eigenvalue weighted by atomic mass is 19.4. The lowest BCUT2D eigenvalue weighted by Gasteiger charge is -2.29. The van der Waals surface area contributed by atoms with E-state index in [1.807, 2.05) is 26.0 Å². The third kappa shape index (κ3) is 3.53. The third-order valence-electron chi connectivity index (χ3n) is 6.01. The molecule has 5 rings (SSSR count). The molecule has 0 fully saturated rings. The Kier molecular flexibility index (Phi) is 4.73. The monoisotopic (exact) mass is 451 g/mol. The van der Waals surface area contributed by atoms with Gasteiger partial charge in [-0.05, 0) is 67.8 Å². The molecule has 0 saturated heterocycles. The zero-order valence-electron chi connectivity index (χ0n) is 18.2. The molecule has 1 aromatic carbocycles. The van der Waals surface area contributed by atoms with Crippen molar-refractivity contribution in [1.82, 2.24) is 19.7 Å². The molecule has 168 valence electrons. The fraction of sp³-hybridized carbons (Fsp3) is 0.250. The van der Waals surface area contributed by atoms with Crippen molar-refractivity contribution in [1.29, 1.82) is 0 Å². The Morgan fingerprint density at radius 1 is 0.970 bits per heavy atom. The first kappa shape index (κ1) is 21.1. The lowest BCUT2D eigenvalue weighted by atomic mass is 9.98. The number of nitrogens with zero attached hydrogens (tertiary/aromatic N) is 5. The maximum atomic E-state index is 13.1. The largest absolute Gasteiger partial charge is 0.433 e. The minimum absolute atomic E-state index is 0.0816. The Labute approximate surface area is 187 Å². The van der Waals surface area contributed by atoms with Crippen LogP contribution in [0.3, 0.4) is 0 Å². The van der Waals surface area contributed by atoms with Crippen LogP contribution in [0.2, 0.25) is 0 Å². The Morgan fingerprint density at radius 2 is 1.70 bits per heavy atom. The van der Waals surface area contributed by atoms with E-state index in [0.29, 0.717) is 23.4 Å². The summed E-state index contributed by atoms with van der Waals surface area (Å²) in [4.78, 5) is 23.1. The van der Waals surface area contributed by atoms with Gasteiger partial charge in [-0.25, -0.2) is 9.97 Å². The van der Waals surface area contributed by atoms with Crippen LogP contribution in [0, 0.1) is 13.8 Å². The van der Waals surface area contributed by atoms with Gasteiger partial charge in [-0.2, -0.15) is 18.3 Å². The standard InChI is InChI=1S/C24H20F3N5O/c1-13-11-20(32-9-8-15-12-28-31(3)22(15)23(32)33)14(2)10-16(13)17-4-5-19-18(29-17)6-7-21(30-19)24(25,26)27/h4-7,10-12H,8-9H2,1-3H3. The van der Waals surface area contributed by atoms with E-state index in [1.165, 1.54) is 6.07 Å². The fourth-order valence-electron chi connectivity index (χ4n) is 4.32. The lowest BCUT2D eigenvalue weighted by Crippen LogP contribution is -2.39. The Morgan fingerprint density at radius 3 is 2.45 bits per heavy atom. The molecule has 1 aliphatic rings. The summed E-state index contributed by atoms with van der Waals surface area (Å²) in [6.45, 7) is 4.43. The second-order valence-corrected chi connectivity index (χ2v) is 8.23. The molecular weight excluding hydrogens is 431 g/mol. The molecule has 0 N–H and O–H groups in total. The fourth-order valence-corrected chi connectivity index (χ4v) is 4.32. The maximum absolute atomic E-state index is 13.1. The Balaban J connectivity index is 1.52. The highest BCUT2D eigenvalue weighted by Crippen LogP contribution is 2.34. The number of fused-ring (bicyclic) bond motifs is 2.